The highest BCUT2D eigenvalue weighted by molar-refractivity contribution is 7.09. The molecule has 74 valence electrons. The Balaban J connectivity index is 2.94. The molecule has 0 aromatic carbocycles. The van der Waals surface area contributed by atoms with Crippen LogP contribution in [0.5, 0.6) is 0 Å². The van der Waals surface area contributed by atoms with Gasteiger partial charge in [0.15, 0.2) is 5.54 Å². The van der Waals surface area contributed by atoms with Crippen molar-refractivity contribution in [2.24, 2.45) is 0 Å². The summed E-state index contributed by atoms with van der Waals surface area (Å²) in [6.45, 7) is 1.74. The van der Waals surface area contributed by atoms with Gasteiger partial charge in [0.25, 0.3) is 0 Å². The second-order valence-corrected chi connectivity index (χ2v) is 3.72. The highest BCUT2D eigenvalue weighted by Crippen LogP contribution is 2.22. The summed E-state index contributed by atoms with van der Waals surface area (Å²) in [5.41, 5.74) is -1.19. The molecule has 0 saturated heterocycles. The molecule has 0 amide bonds. The summed E-state index contributed by atoms with van der Waals surface area (Å²) in [4.78, 5) is 15.0. The van der Waals surface area contributed by atoms with Crippen molar-refractivity contribution in [2.75, 3.05) is 6.54 Å². The van der Waals surface area contributed by atoms with Gasteiger partial charge in [0.1, 0.15) is 5.01 Å². The van der Waals surface area contributed by atoms with Crippen LogP contribution in [0.2, 0.25) is 0 Å². The summed E-state index contributed by atoms with van der Waals surface area (Å²) < 4.78 is 0. The lowest BCUT2D eigenvalue weighted by Crippen LogP contribution is -2.46. The van der Waals surface area contributed by atoms with Crippen LogP contribution >= 0.6 is 11.3 Å². The first-order valence-corrected chi connectivity index (χ1v) is 4.81. The van der Waals surface area contributed by atoms with Crippen LogP contribution in [0.4, 0.5) is 0 Å². The number of aromatic nitrogens is 1. The first-order chi connectivity index (χ1) is 6.61. The third-order valence-corrected chi connectivity index (χ3v) is 2.83. The van der Waals surface area contributed by atoms with Crippen LogP contribution in [-0.2, 0) is 10.3 Å². The van der Waals surface area contributed by atoms with E-state index in [0.29, 0.717) is 5.01 Å². The Labute approximate surface area is 86.0 Å². The average molecular weight is 210 g/mol. The van der Waals surface area contributed by atoms with E-state index in [9.17, 15) is 4.79 Å². The smallest absolute Gasteiger partial charge is 0.330 e. The van der Waals surface area contributed by atoms with Gasteiger partial charge in [-0.15, -0.1) is 17.8 Å². The largest absolute Gasteiger partial charge is 0.480 e. The standard InChI is InChI=1S/C9H10N2O2S/c1-3-4-11-9(2,8(12)13)7-10-5-6-14-7/h1,5-6,11H,4H2,2H3,(H,12,13). The van der Waals surface area contributed by atoms with Crippen molar-refractivity contribution in [2.45, 2.75) is 12.5 Å². The van der Waals surface area contributed by atoms with Crippen molar-refractivity contribution in [1.29, 1.82) is 0 Å². The quantitative estimate of drug-likeness (QED) is 0.717. The van der Waals surface area contributed by atoms with Gasteiger partial charge in [0.2, 0.25) is 0 Å². The van der Waals surface area contributed by atoms with E-state index in [1.54, 1.807) is 18.5 Å². The molecule has 0 aliphatic carbocycles. The minimum Gasteiger partial charge on any atom is -0.480 e. The van der Waals surface area contributed by atoms with Crippen LogP contribution in [0, 0.1) is 12.3 Å². The van der Waals surface area contributed by atoms with E-state index < -0.39 is 11.5 Å². The molecule has 1 aromatic heterocycles. The molecule has 1 aromatic rings. The van der Waals surface area contributed by atoms with E-state index in [0.717, 1.165) is 0 Å². The number of carboxylic acid groups (broad SMARTS) is 1. The van der Waals surface area contributed by atoms with E-state index in [1.165, 1.54) is 11.3 Å². The molecule has 1 rings (SSSR count). The monoisotopic (exact) mass is 210 g/mol. The summed E-state index contributed by atoms with van der Waals surface area (Å²) >= 11 is 1.29. The number of thiazole rings is 1. The lowest BCUT2D eigenvalue weighted by atomic mass is 10.0. The van der Waals surface area contributed by atoms with Crippen LogP contribution in [-0.4, -0.2) is 22.6 Å². The third kappa shape index (κ3) is 1.92. The molecule has 2 N–H and O–H groups in total. The SMILES string of the molecule is C#CCNC(C)(C(=O)O)c1nccs1. The second kappa shape index (κ2) is 4.22. The molecule has 0 spiro atoms. The molecule has 1 unspecified atom stereocenters. The van der Waals surface area contributed by atoms with Crippen LogP contribution in [0.15, 0.2) is 11.6 Å². The zero-order chi connectivity index (χ0) is 10.6. The fraction of sp³-hybridized carbons (Fsp3) is 0.333. The molecular formula is C9H10N2O2S. The number of rotatable bonds is 4. The zero-order valence-corrected chi connectivity index (χ0v) is 8.47. The molecule has 14 heavy (non-hydrogen) atoms. The fourth-order valence-electron chi connectivity index (χ4n) is 0.941. The van der Waals surface area contributed by atoms with Gasteiger partial charge in [-0.25, -0.2) is 9.78 Å². The van der Waals surface area contributed by atoms with Gasteiger partial charge in [-0.3, -0.25) is 5.32 Å². The number of terminal acetylenes is 1. The molecule has 5 heteroatoms. The van der Waals surface area contributed by atoms with Gasteiger partial charge in [0.05, 0.1) is 6.54 Å². The third-order valence-electron chi connectivity index (χ3n) is 1.83. The molecule has 0 fully saturated rings. The first kappa shape index (κ1) is 10.7. The Morgan fingerprint density at radius 3 is 3.07 bits per heavy atom. The van der Waals surface area contributed by atoms with E-state index in [1.807, 2.05) is 0 Å². The molecule has 0 bridgehead atoms. The van der Waals surface area contributed by atoms with E-state index >= 15 is 0 Å². The van der Waals surface area contributed by atoms with Gasteiger partial charge >= 0.3 is 5.97 Å². The summed E-state index contributed by atoms with van der Waals surface area (Å²) in [5, 5.41) is 14.1. The second-order valence-electron chi connectivity index (χ2n) is 2.83. The van der Waals surface area contributed by atoms with E-state index in [-0.39, 0.29) is 6.54 Å². The lowest BCUT2D eigenvalue weighted by Gasteiger charge is -2.22. The maximum atomic E-state index is 11.1. The first-order valence-electron chi connectivity index (χ1n) is 3.93. The van der Waals surface area contributed by atoms with Gasteiger partial charge < -0.3 is 5.11 Å². The number of carbonyl (C=O) groups is 1. The predicted molar refractivity (Wildman–Crippen MR) is 53.9 cm³/mol. The van der Waals surface area contributed by atoms with Gasteiger partial charge in [-0.05, 0) is 6.92 Å². The summed E-state index contributed by atoms with van der Waals surface area (Å²) in [5.74, 6) is 1.36. The summed E-state index contributed by atoms with van der Waals surface area (Å²) in [6.07, 6.45) is 6.63. The van der Waals surface area contributed by atoms with Gasteiger partial charge in [0, 0.05) is 11.6 Å². The topological polar surface area (TPSA) is 62.2 Å². The molecule has 1 heterocycles. The van der Waals surface area contributed by atoms with Crippen molar-refractivity contribution in [3.63, 3.8) is 0 Å². The van der Waals surface area contributed by atoms with Crippen molar-refractivity contribution < 1.29 is 9.90 Å². The Morgan fingerprint density at radius 2 is 2.64 bits per heavy atom. The molecule has 0 aliphatic heterocycles. The van der Waals surface area contributed by atoms with Crippen molar-refractivity contribution in [3.8, 4) is 12.3 Å². The Bertz CT molecular complexity index is 355. The summed E-state index contributed by atoms with van der Waals surface area (Å²) in [7, 11) is 0. The number of carboxylic acids is 1. The van der Waals surface area contributed by atoms with Crippen LogP contribution in [0.1, 0.15) is 11.9 Å². The minimum atomic E-state index is -1.19. The van der Waals surface area contributed by atoms with E-state index in [2.05, 4.69) is 16.2 Å². The maximum Gasteiger partial charge on any atom is 0.330 e. The van der Waals surface area contributed by atoms with Crippen LogP contribution in [0.3, 0.4) is 0 Å². The molecule has 4 nitrogen and oxygen atoms in total. The molecule has 1 atom stereocenters. The van der Waals surface area contributed by atoms with E-state index in [4.69, 9.17) is 11.5 Å². The fourth-order valence-corrected chi connectivity index (χ4v) is 1.71. The van der Waals surface area contributed by atoms with Gasteiger partial charge in [-0.1, -0.05) is 5.92 Å². The maximum absolute atomic E-state index is 11.1. The highest BCUT2D eigenvalue weighted by Gasteiger charge is 2.36. The van der Waals surface area contributed by atoms with Crippen molar-refractivity contribution >= 4 is 17.3 Å². The lowest BCUT2D eigenvalue weighted by molar-refractivity contribution is -0.144. The van der Waals surface area contributed by atoms with Crippen molar-refractivity contribution in [1.82, 2.24) is 10.3 Å². The average Bonchev–Trinajstić information content (AvgIpc) is 2.66. The molecule has 0 radical (unpaired) electrons. The van der Waals surface area contributed by atoms with Gasteiger partial charge in [-0.2, -0.15) is 0 Å². The summed E-state index contributed by atoms with van der Waals surface area (Å²) in [6, 6.07) is 0. The van der Waals surface area contributed by atoms with Crippen LogP contribution in [0.25, 0.3) is 0 Å². The van der Waals surface area contributed by atoms with Crippen LogP contribution < -0.4 is 5.32 Å². The number of hydrogen-bond donors (Lipinski definition) is 2. The Morgan fingerprint density at radius 1 is 1.93 bits per heavy atom. The number of aliphatic carboxylic acids is 1. The number of nitrogens with zero attached hydrogens (tertiary/aromatic N) is 1. The minimum absolute atomic E-state index is 0.197. The zero-order valence-electron chi connectivity index (χ0n) is 7.65. The number of hydrogen-bond acceptors (Lipinski definition) is 4. The molecular weight excluding hydrogens is 200 g/mol. The Kier molecular flexibility index (Phi) is 3.23. The molecule has 0 aliphatic rings. The Hall–Kier alpha value is -1.38. The predicted octanol–water partition coefficient (Wildman–Crippen LogP) is 0.666. The molecule has 0 saturated carbocycles. The van der Waals surface area contributed by atoms with Crippen molar-refractivity contribution in [3.05, 3.63) is 16.6 Å². The normalized spacial score (nSPS) is 14.3. The highest BCUT2D eigenvalue weighted by atomic mass is 32.1. The number of nitrogens with one attached hydrogen (secondary N) is 1.